The van der Waals surface area contributed by atoms with Crippen molar-refractivity contribution in [3.05, 3.63) is 18.2 Å². The Morgan fingerprint density at radius 3 is 2.50 bits per heavy atom. The maximum absolute atomic E-state index is 12.2. The highest BCUT2D eigenvalue weighted by Crippen LogP contribution is 2.31. The largest absolute Gasteiger partial charge is 0.493 e. The number of morpholine rings is 1. The minimum Gasteiger partial charge on any atom is -0.493 e. The van der Waals surface area contributed by atoms with Crippen LogP contribution >= 0.6 is 0 Å². The van der Waals surface area contributed by atoms with Crippen LogP contribution in [-0.4, -0.2) is 76.9 Å². The predicted molar refractivity (Wildman–Crippen MR) is 97.8 cm³/mol. The monoisotopic (exact) mass is 365 g/mol. The SMILES string of the molecule is COc1ccc(N(CC(=O)NCCN2CCOCC2)C(C)=O)cc1OC. The molecule has 0 aromatic heterocycles. The van der Waals surface area contributed by atoms with Crippen LogP contribution in [-0.2, 0) is 14.3 Å². The van der Waals surface area contributed by atoms with Crippen LogP contribution in [0.2, 0.25) is 0 Å². The fraction of sp³-hybridized carbons (Fsp3) is 0.556. The number of nitrogens with one attached hydrogen (secondary N) is 1. The zero-order valence-electron chi connectivity index (χ0n) is 15.6. The lowest BCUT2D eigenvalue weighted by Gasteiger charge is -2.27. The summed E-state index contributed by atoms with van der Waals surface area (Å²) in [5.41, 5.74) is 0.582. The summed E-state index contributed by atoms with van der Waals surface area (Å²) in [6.45, 7) is 5.90. The van der Waals surface area contributed by atoms with Crippen LogP contribution in [0.25, 0.3) is 0 Å². The van der Waals surface area contributed by atoms with Gasteiger partial charge in [0, 0.05) is 44.9 Å². The van der Waals surface area contributed by atoms with Gasteiger partial charge in [-0.3, -0.25) is 14.5 Å². The number of nitrogens with zero attached hydrogens (tertiary/aromatic N) is 2. The maximum atomic E-state index is 12.2. The van der Waals surface area contributed by atoms with E-state index in [2.05, 4.69) is 10.2 Å². The van der Waals surface area contributed by atoms with Crippen LogP contribution in [0.4, 0.5) is 5.69 Å². The van der Waals surface area contributed by atoms with Gasteiger partial charge in [0.25, 0.3) is 0 Å². The van der Waals surface area contributed by atoms with Gasteiger partial charge in [0.1, 0.15) is 6.54 Å². The lowest BCUT2D eigenvalue weighted by molar-refractivity contribution is -0.123. The van der Waals surface area contributed by atoms with Crippen molar-refractivity contribution >= 4 is 17.5 Å². The van der Waals surface area contributed by atoms with Crippen molar-refractivity contribution in [1.82, 2.24) is 10.2 Å². The van der Waals surface area contributed by atoms with E-state index < -0.39 is 0 Å². The Bertz CT molecular complexity index is 617. The number of anilines is 1. The zero-order valence-corrected chi connectivity index (χ0v) is 15.6. The molecule has 1 aromatic rings. The molecule has 0 atom stereocenters. The van der Waals surface area contributed by atoms with Gasteiger partial charge in [-0.05, 0) is 12.1 Å². The number of carbonyl (C=O) groups excluding carboxylic acids is 2. The molecule has 1 aromatic carbocycles. The van der Waals surface area contributed by atoms with Crippen molar-refractivity contribution in [2.75, 3.05) is 65.1 Å². The molecule has 0 spiro atoms. The fourth-order valence-corrected chi connectivity index (χ4v) is 2.75. The van der Waals surface area contributed by atoms with Crippen LogP contribution in [0.3, 0.4) is 0 Å². The van der Waals surface area contributed by atoms with Gasteiger partial charge < -0.3 is 24.4 Å². The topological polar surface area (TPSA) is 80.3 Å². The molecule has 1 aliphatic rings. The predicted octanol–water partition coefficient (Wildman–Crippen LogP) is 0.505. The van der Waals surface area contributed by atoms with Gasteiger partial charge in [-0.25, -0.2) is 0 Å². The first kappa shape index (κ1) is 20.0. The Kier molecular flexibility index (Phi) is 7.68. The van der Waals surface area contributed by atoms with Crippen molar-refractivity contribution in [3.8, 4) is 11.5 Å². The minimum absolute atomic E-state index is 0.0477. The van der Waals surface area contributed by atoms with Crippen LogP contribution < -0.4 is 19.7 Å². The summed E-state index contributed by atoms with van der Waals surface area (Å²) < 4.78 is 15.8. The van der Waals surface area contributed by atoms with E-state index in [-0.39, 0.29) is 18.4 Å². The second-order valence-corrected chi connectivity index (χ2v) is 5.95. The summed E-state index contributed by atoms with van der Waals surface area (Å²) in [4.78, 5) is 27.9. The third-order valence-corrected chi connectivity index (χ3v) is 4.21. The van der Waals surface area contributed by atoms with E-state index in [1.165, 1.54) is 18.9 Å². The summed E-state index contributed by atoms with van der Waals surface area (Å²) in [6, 6.07) is 5.12. The number of carbonyl (C=O) groups is 2. The first-order chi connectivity index (χ1) is 12.5. The Balaban J connectivity index is 1.92. The van der Waals surface area contributed by atoms with Gasteiger partial charge >= 0.3 is 0 Å². The van der Waals surface area contributed by atoms with E-state index in [4.69, 9.17) is 14.2 Å². The fourth-order valence-electron chi connectivity index (χ4n) is 2.75. The smallest absolute Gasteiger partial charge is 0.240 e. The van der Waals surface area contributed by atoms with Crippen molar-refractivity contribution < 1.29 is 23.8 Å². The first-order valence-electron chi connectivity index (χ1n) is 8.62. The summed E-state index contributed by atoms with van der Waals surface area (Å²) in [7, 11) is 3.07. The van der Waals surface area contributed by atoms with E-state index in [1.807, 2.05) is 0 Å². The van der Waals surface area contributed by atoms with Gasteiger partial charge in [0.15, 0.2) is 11.5 Å². The summed E-state index contributed by atoms with van der Waals surface area (Å²) in [5, 5.41) is 2.86. The molecule has 2 rings (SSSR count). The molecule has 26 heavy (non-hydrogen) atoms. The van der Waals surface area contributed by atoms with Crippen LogP contribution in [0, 0.1) is 0 Å². The van der Waals surface area contributed by atoms with E-state index in [1.54, 1.807) is 25.3 Å². The minimum atomic E-state index is -0.222. The average Bonchev–Trinajstić information content (AvgIpc) is 2.66. The molecule has 0 unspecified atom stereocenters. The quantitative estimate of drug-likeness (QED) is 0.723. The second kappa shape index (κ2) is 9.98. The maximum Gasteiger partial charge on any atom is 0.240 e. The van der Waals surface area contributed by atoms with Gasteiger partial charge in [-0.2, -0.15) is 0 Å². The molecule has 0 radical (unpaired) electrons. The van der Waals surface area contributed by atoms with Gasteiger partial charge in [-0.15, -0.1) is 0 Å². The Morgan fingerprint density at radius 2 is 1.88 bits per heavy atom. The van der Waals surface area contributed by atoms with Crippen molar-refractivity contribution in [1.29, 1.82) is 0 Å². The Labute approximate surface area is 154 Å². The highest BCUT2D eigenvalue weighted by atomic mass is 16.5. The molecular weight excluding hydrogens is 338 g/mol. The van der Waals surface area contributed by atoms with Crippen molar-refractivity contribution in [3.63, 3.8) is 0 Å². The average molecular weight is 365 g/mol. The number of methoxy groups -OCH3 is 2. The third kappa shape index (κ3) is 5.60. The van der Waals surface area contributed by atoms with Crippen LogP contribution in [0.5, 0.6) is 11.5 Å². The second-order valence-electron chi connectivity index (χ2n) is 5.95. The van der Waals surface area contributed by atoms with E-state index >= 15 is 0 Å². The number of rotatable bonds is 8. The van der Waals surface area contributed by atoms with Crippen LogP contribution in [0.15, 0.2) is 18.2 Å². The number of ether oxygens (including phenoxy) is 3. The number of hydrogen-bond acceptors (Lipinski definition) is 6. The molecule has 1 heterocycles. The molecule has 2 amide bonds. The summed E-state index contributed by atoms with van der Waals surface area (Å²) in [5.74, 6) is 0.641. The first-order valence-corrected chi connectivity index (χ1v) is 8.62. The molecule has 8 nitrogen and oxygen atoms in total. The molecule has 1 N–H and O–H groups in total. The normalized spacial score (nSPS) is 14.6. The van der Waals surface area contributed by atoms with Crippen LogP contribution in [0.1, 0.15) is 6.92 Å². The molecule has 0 bridgehead atoms. The highest BCUT2D eigenvalue weighted by molar-refractivity contribution is 5.97. The third-order valence-electron chi connectivity index (χ3n) is 4.21. The number of amides is 2. The molecule has 1 aliphatic heterocycles. The molecule has 1 fully saturated rings. The molecule has 8 heteroatoms. The number of benzene rings is 1. The Morgan fingerprint density at radius 1 is 1.19 bits per heavy atom. The summed E-state index contributed by atoms with van der Waals surface area (Å²) in [6.07, 6.45) is 0. The van der Waals surface area contributed by atoms with Crippen molar-refractivity contribution in [2.45, 2.75) is 6.92 Å². The van der Waals surface area contributed by atoms with E-state index in [0.29, 0.717) is 23.7 Å². The standard InChI is InChI=1S/C18H27N3O5/c1-14(22)21(15-4-5-16(24-2)17(12-15)25-3)13-18(23)19-6-7-20-8-10-26-11-9-20/h4-5,12H,6-11,13H2,1-3H3,(H,19,23). The van der Waals surface area contributed by atoms with Gasteiger partial charge in [-0.1, -0.05) is 0 Å². The van der Waals surface area contributed by atoms with Gasteiger partial charge in [0.2, 0.25) is 11.8 Å². The molecule has 0 saturated carbocycles. The lowest BCUT2D eigenvalue weighted by Crippen LogP contribution is -2.44. The molecular formula is C18H27N3O5. The highest BCUT2D eigenvalue weighted by Gasteiger charge is 2.18. The van der Waals surface area contributed by atoms with E-state index in [9.17, 15) is 9.59 Å². The van der Waals surface area contributed by atoms with E-state index in [0.717, 1.165) is 32.8 Å². The number of hydrogen-bond donors (Lipinski definition) is 1. The molecule has 0 aliphatic carbocycles. The Hall–Kier alpha value is -2.32. The van der Waals surface area contributed by atoms with Gasteiger partial charge in [0.05, 0.1) is 27.4 Å². The summed E-state index contributed by atoms with van der Waals surface area (Å²) >= 11 is 0. The van der Waals surface area contributed by atoms with Crippen molar-refractivity contribution in [2.24, 2.45) is 0 Å². The lowest BCUT2D eigenvalue weighted by atomic mass is 10.2. The molecule has 144 valence electrons. The molecule has 1 saturated heterocycles. The zero-order chi connectivity index (χ0) is 18.9.